The molecule has 2 rings (SSSR count). The number of ether oxygens (including phenoxy) is 1. The molecule has 0 aromatic heterocycles. The van der Waals surface area contributed by atoms with E-state index in [9.17, 15) is 19.2 Å². The summed E-state index contributed by atoms with van der Waals surface area (Å²) in [5, 5.41) is 2.66. The second-order valence-corrected chi connectivity index (χ2v) is 5.66. The van der Waals surface area contributed by atoms with Crippen LogP contribution in [0.1, 0.15) is 36.2 Å². The van der Waals surface area contributed by atoms with E-state index in [0.29, 0.717) is 11.1 Å². The highest BCUT2D eigenvalue weighted by Gasteiger charge is 2.32. The molecule has 0 spiro atoms. The Morgan fingerprint density at radius 2 is 2.00 bits per heavy atom. The van der Waals surface area contributed by atoms with Gasteiger partial charge in [-0.15, -0.1) is 0 Å². The molecule has 24 heavy (non-hydrogen) atoms. The predicted octanol–water partition coefficient (Wildman–Crippen LogP) is 0.669. The normalized spacial score (nSPS) is 14.8. The lowest BCUT2D eigenvalue weighted by molar-refractivity contribution is -0.151. The molecule has 1 heterocycles. The minimum absolute atomic E-state index is 0.0158. The molecule has 0 unspecified atom stereocenters. The molecule has 0 fully saturated rings. The number of fused-ring (bicyclic) bond motifs is 1. The van der Waals surface area contributed by atoms with Crippen LogP contribution < -0.4 is 5.32 Å². The van der Waals surface area contributed by atoms with Crippen molar-refractivity contribution in [1.82, 2.24) is 10.2 Å². The van der Waals surface area contributed by atoms with E-state index in [4.69, 9.17) is 4.74 Å². The van der Waals surface area contributed by atoms with Crippen LogP contribution in [0.25, 0.3) is 0 Å². The van der Waals surface area contributed by atoms with Crippen LogP contribution in [-0.2, 0) is 25.5 Å². The number of esters is 1. The largest absolute Gasteiger partial charge is 0.454 e. The van der Waals surface area contributed by atoms with Crippen molar-refractivity contribution in [2.75, 3.05) is 13.2 Å². The molecule has 3 amide bonds. The summed E-state index contributed by atoms with van der Waals surface area (Å²) >= 11 is 0. The monoisotopic (exact) mass is 332 g/mol. The maximum absolute atomic E-state index is 12.3. The Balaban J connectivity index is 1.91. The maximum Gasteiger partial charge on any atom is 0.326 e. The van der Waals surface area contributed by atoms with E-state index in [1.165, 1.54) is 0 Å². The zero-order chi connectivity index (χ0) is 17.7. The minimum Gasteiger partial charge on any atom is -0.454 e. The van der Waals surface area contributed by atoms with Gasteiger partial charge in [0, 0.05) is 11.6 Å². The Labute approximate surface area is 140 Å². The maximum atomic E-state index is 12.3. The first kappa shape index (κ1) is 17.7. The molecule has 1 aliphatic rings. The average Bonchev–Trinajstić information content (AvgIpc) is 2.56. The van der Waals surface area contributed by atoms with Crippen molar-refractivity contribution in [2.24, 2.45) is 0 Å². The summed E-state index contributed by atoms with van der Waals surface area (Å²) in [6.45, 7) is 2.82. The summed E-state index contributed by atoms with van der Waals surface area (Å²) in [6, 6.07) is 6.75. The third-order valence-electron chi connectivity index (χ3n) is 3.81. The van der Waals surface area contributed by atoms with Crippen molar-refractivity contribution in [3.05, 3.63) is 35.4 Å². The summed E-state index contributed by atoms with van der Waals surface area (Å²) in [6.07, 6.45) is 0.819. The van der Waals surface area contributed by atoms with E-state index in [-0.39, 0.29) is 12.5 Å². The molecule has 1 aromatic rings. The van der Waals surface area contributed by atoms with Gasteiger partial charge >= 0.3 is 5.97 Å². The fourth-order valence-electron chi connectivity index (χ4n) is 2.30. The van der Waals surface area contributed by atoms with Gasteiger partial charge in [0.15, 0.2) is 6.61 Å². The summed E-state index contributed by atoms with van der Waals surface area (Å²) in [7, 11) is 0. The number of carbonyl (C=O) groups is 4. The zero-order valence-corrected chi connectivity index (χ0v) is 13.7. The number of hydrogen-bond donors (Lipinski definition) is 1. The van der Waals surface area contributed by atoms with Crippen LogP contribution in [0.3, 0.4) is 0 Å². The van der Waals surface area contributed by atoms with Crippen molar-refractivity contribution < 1.29 is 23.9 Å². The van der Waals surface area contributed by atoms with Gasteiger partial charge in [-0.25, -0.2) is 0 Å². The first-order valence-corrected chi connectivity index (χ1v) is 7.80. The standard InChI is InChI=1S/C17H20N2O5/c1-3-11(2)18-14(20)10-24-16(22)9-19-15(21)8-12-6-4-5-7-13(12)17(19)23/h4-7,11H,3,8-10H2,1-2H3,(H,18,20)/t11-/m1/s1. The number of hydrogen-bond acceptors (Lipinski definition) is 5. The molecule has 0 aliphatic carbocycles. The molecule has 1 N–H and O–H groups in total. The molecule has 1 aliphatic heterocycles. The summed E-state index contributed by atoms with van der Waals surface area (Å²) in [5.74, 6) is -2.20. The van der Waals surface area contributed by atoms with E-state index in [0.717, 1.165) is 11.3 Å². The van der Waals surface area contributed by atoms with Gasteiger partial charge in [-0.1, -0.05) is 25.1 Å². The van der Waals surface area contributed by atoms with Gasteiger partial charge in [-0.05, 0) is 25.0 Å². The SMILES string of the molecule is CC[C@@H](C)NC(=O)COC(=O)CN1C(=O)Cc2ccccc2C1=O. The Morgan fingerprint density at radius 1 is 1.29 bits per heavy atom. The molecule has 7 heteroatoms. The Morgan fingerprint density at radius 3 is 2.71 bits per heavy atom. The highest BCUT2D eigenvalue weighted by Crippen LogP contribution is 2.19. The van der Waals surface area contributed by atoms with Gasteiger partial charge in [0.2, 0.25) is 5.91 Å². The molecular weight excluding hydrogens is 312 g/mol. The van der Waals surface area contributed by atoms with E-state index < -0.39 is 36.8 Å². The number of rotatable bonds is 6. The lowest BCUT2D eigenvalue weighted by Gasteiger charge is -2.25. The fourth-order valence-corrected chi connectivity index (χ4v) is 2.30. The zero-order valence-electron chi connectivity index (χ0n) is 13.7. The molecule has 0 saturated heterocycles. The highest BCUT2D eigenvalue weighted by molar-refractivity contribution is 6.11. The Bertz CT molecular complexity index is 671. The highest BCUT2D eigenvalue weighted by atomic mass is 16.5. The second kappa shape index (κ2) is 7.72. The van der Waals surface area contributed by atoms with Gasteiger partial charge in [-0.3, -0.25) is 24.1 Å². The smallest absolute Gasteiger partial charge is 0.326 e. The molecular formula is C17H20N2O5. The third-order valence-corrected chi connectivity index (χ3v) is 3.81. The molecule has 1 aromatic carbocycles. The third kappa shape index (κ3) is 4.18. The molecule has 0 saturated carbocycles. The van der Waals surface area contributed by atoms with Crippen LogP contribution in [0.4, 0.5) is 0 Å². The van der Waals surface area contributed by atoms with Crippen molar-refractivity contribution >= 4 is 23.7 Å². The molecule has 0 radical (unpaired) electrons. The number of benzene rings is 1. The van der Waals surface area contributed by atoms with Gasteiger partial charge < -0.3 is 10.1 Å². The molecule has 1 atom stereocenters. The van der Waals surface area contributed by atoms with E-state index in [1.54, 1.807) is 24.3 Å². The molecule has 0 bridgehead atoms. The first-order chi connectivity index (χ1) is 11.4. The number of nitrogens with zero attached hydrogens (tertiary/aromatic N) is 1. The van der Waals surface area contributed by atoms with Gasteiger partial charge in [0.1, 0.15) is 6.54 Å². The summed E-state index contributed by atoms with van der Waals surface area (Å²) in [4.78, 5) is 48.6. The lowest BCUT2D eigenvalue weighted by atomic mass is 9.98. The first-order valence-electron chi connectivity index (χ1n) is 7.80. The predicted molar refractivity (Wildman–Crippen MR) is 85.0 cm³/mol. The number of nitrogens with one attached hydrogen (secondary N) is 1. The van der Waals surface area contributed by atoms with Crippen molar-refractivity contribution in [1.29, 1.82) is 0 Å². The summed E-state index contributed by atoms with van der Waals surface area (Å²) < 4.78 is 4.84. The van der Waals surface area contributed by atoms with Crippen LogP contribution in [0.15, 0.2) is 24.3 Å². The van der Waals surface area contributed by atoms with Crippen LogP contribution in [-0.4, -0.2) is 47.8 Å². The van der Waals surface area contributed by atoms with Crippen molar-refractivity contribution in [3.8, 4) is 0 Å². The quantitative estimate of drug-likeness (QED) is 0.610. The summed E-state index contributed by atoms with van der Waals surface area (Å²) in [5.41, 5.74) is 1.05. The van der Waals surface area contributed by atoms with Gasteiger partial charge in [0.25, 0.3) is 11.8 Å². The lowest BCUT2D eigenvalue weighted by Crippen LogP contribution is -2.45. The fraction of sp³-hybridized carbons (Fsp3) is 0.412. The van der Waals surface area contributed by atoms with Crippen LogP contribution >= 0.6 is 0 Å². The average molecular weight is 332 g/mol. The van der Waals surface area contributed by atoms with Crippen LogP contribution in [0.5, 0.6) is 0 Å². The van der Waals surface area contributed by atoms with Gasteiger partial charge in [0.05, 0.1) is 6.42 Å². The number of carbonyl (C=O) groups excluding carboxylic acids is 4. The van der Waals surface area contributed by atoms with E-state index >= 15 is 0 Å². The van der Waals surface area contributed by atoms with Crippen LogP contribution in [0.2, 0.25) is 0 Å². The number of amides is 3. The molecule has 128 valence electrons. The molecule has 7 nitrogen and oxygen atoms in total. The van der Waals surface area contributed by atoms with Crippen molar-refractivity contribution in [3.63, 3.8) is 0 Å². The Hall–Kier alpha value is -2.70. The number of imide groups is 1. The Kier molecular flexibility index (Phi) is 5.68. The van der Waals surface area contributed by atoms with Crippen molar-refractivity contribution in [2.45, 2.75) is 32.7 Å². The van der Waals surface area contributed by atoms with Crippen LogP contribution in [0, 0.1) is 0 Å². The van der Waals surface area contributed by atoms with E-state index in [2.05, 4.69) is 5.32 Å². The van der Waals surface area contributed by atoms with Gasteiger partial charge in [-0.2, -0.15) is 0 Å². The minimum atomic E-state index is -0.796. The second-order valence-electron chi connectivity index (χ2n) is 5.66. The van der Waals surface area contributed by atoms with E-state index in [1.807, 2.05) is 13.8 Å². The topological polar surface area (TPSA) is 92.8 Å².